The van der Waals surface area contributed by atoms with Crippen molar-refractivity contribution in [1.82, 2.24) is 10.2 Å². The van der Waals surface area contributed by atoms with Gasteiger partial charge in [-0.1, -0.05) is 6.92 Å². The molecule has 4 heteroatoms. The lowest BCUT2D eigenvalue weighted by Crippen LogP contribution is -2.41. The molecule has 0 aliphatic carbocycles. The Morgan fingerprint density at radius 3 is 2.94 bits per heavy atom. The molecule has 1 saturated heterocycles. The molecule has 2 atom stereocenters. The quantitative estimate of drug-likeness (QED) is 0.661. The lowest BCUT2D eigenvalue weighted by Gasteiger charge is -2.30. The van der Waals surface area contributed by atoms with Crippen LogP contribution in [0.1, 0.15) is 19.8 Å². The molecule has 16 heavy (non-hydrogen) atoms. The minimum Gasteiger partial charge on any atom is -0.389 e. The van der Waals surface area contributed by atoms with Gasteiger partial charge in [0.25, 0.3) is 0 Å². The highest BCUT2D eigenvalue weighted by molar-refractivity contribution is 4.74. The van der Waals surface area contributed by atoms with Gasteiger partial charge in [-0.05, 0) is 38.4 Å². The molecule has 0 amide bonds. The monoisotopic (exact) mass is 230 g/mol. The van der Waals surface area contributed by atoms with E-state index in [2.05, 4.69) is 17.1 Å². The number of ether oxygens (including phenoxy) is 1. The van der Waals surface area contributed by atoms with Crippen LogP contribution in [0.3, 0.4) is 0 Å². The van der Waals surface area contributed by atoms with Crippen molar-refractivity contribution in [2.24, 2.45) is 5.92 Å². The van der Waals surface area contributed by atoms with E-state index in [1.165, 1.54) is 12.8 Å². The number of hydrogen-bond acceptors (Lipinski definition) is 4. The summed E-state index contributed by atoms with van der Waals surface area (Å²) in [6.07, 6.45) is 2.23. The molecule has 4 nitrogen and oxygen atoms in total. The molecule has 1 aliphatic rings. The zero-order valence-corrected chi connectivity index (χ0v) is 10.6. The third-order valence-corrected chi connectivity index (χ3v) is 3.19. The highest BCUT2D eigenvalue weighted by atomic mass is 16.5. The topological polar surface area (TPSA) is 44.7 Å². The summed E-state index contributed by atoms with van der Waals surface area (Å²) in [6.45, 7) is 7.67. The first-order valence-electron chi connectivity index (χ1n) is 6.36. The largest absolute Gasteiger partial charge is 0.389 e. The van der Waals surface area contributed by atoms with Gasteiger partial charge in [-0.15, -0.1) is 0 Å². The standard InChI is InChI=1S/C12H26N2O2/c1-3-14(9-12(15)10-16-2)8-11-5-4-6-13-7-11/h11-13,15H,3-10H2,1-2H3. The SMILES string of the molecule is CCN(CC(O)COC)CC1CCCNC1. The molecule has 0 aromatic heterocycles. The summed E-state index contributed by atoms with van der Waals surface area (Å²) < 4.78 is 4.95. The highest BCUT2D eigenvalue weighted by Crippen LogP contribution is 2.11. The molecule has 1 aliphatic heterocycles. The first-order chi connectivity index (χ1) is 7.76. The lowest BCUT2D eigenvalue weighted by molar-refractivity contribution is 0.0344. The van der Waals surface area contributed by atoms with E-state index in [0.29, 0.717) is 6.61 Å². The van der Waals surface area contributed by atoms with E-state index < -0.39 is 0 Å². The fourth-order valence-corrected chi connectivity index (χ4v) is 2.32. The molecule has 0 aromatic rings. The van der Waals surface area contributed by atoms with E-state index in [9.17, 15) is 5.11 Å². The van der Waals surface area contributed by atoms with Gasteiger partial charge in [0.15, 0.2) is 0 Å². The summed E-state index contributed by atoms with van der Waals surface area (Å²) >= 11 is 0. The number of nitrogens with one attached hydrogen (secondary N) is 1. The molecular weight excluding hydrogens is 204 g/mol. The summed E-state index contributed by atoms with van der Waals surface area (Å²) in [5.41, 5.74) is 0. The van der Waals surface area contributed by atoms with Crippen LogP contribution in [-0.4, -0.2) is 62.6 Å². The number of nitrogens with zero attached hydrogens (tertiary/aromatic N) is 1. The summed E-state index contributed by atoms with van der Waals surface area (Å²) in [5.74, 6) is 0.739. The first-order valence-corrected chi connectivity index (χ1v) is 6.36. The van der Waals surface area contributed by atoms with Gasteiger partial charge in [-0.2, -0.15) is 0 Å². The second kappa shape index (κ2) is 8.01. The van der Waals surface area contributed by atoms with E-state index in [4.69, 9.17) is 4.74 Å². The van der Waals surface area contributed by atoms with Crippen LogP contribution >= 0.6 is 0 Å². The maximum atomic E-state index is 9.70. The van der Waals surface area contributed by atoms with Crippen LogP contribution in [0.25, 0.3) is 0 Å². The molecule has 1 fully saturated rings. The van der Waals surface area contributed by atoms with Crippen LogP contribution < -0.4 is 5.32 Å². The lowest BCUT2D eigenvalue weighted by atomic mass is 9.99. The number of piperidine rings is 1. The molecule has 0 radical (unpaired) electrons. The highest BCUT2D eigenvalue weighted by Gasteiger charge is 2.17. The molecule has 96 valence electrons. The van der Waals surface area contributed by atoms with Crippen LogP contribution in [0.5, 0.6) is 0 Å². The van der Waals surface area contributed by atoms with Crippen molar-refractivity contribution in [1.29, 1.82) is 0 Å². The van der Waals surface area contributed by atoms with Crippen molar-refractivity contribution in [3.63, 3.8) is 0 Å². The van der Waals surface area contributed by atoms with Crippen LogP contribution in [0.15, 0.2) is 0 Å². The normalized spacial score (nSPS) is 23.6. The van der Waals surface area contributed by atoms with E-state index in [1.54, 1.807) is 7.11 Å². The van der Waals surface area contributed by atoms with Crippen molar-refractivity contribution >= 4 is 0 Å². The van der Waals surface area contributed by atoms with Crippen molar-refractivity contribution in [3.8, 4) is 0 Å². The van der Waals surface area contributed by atoms with Crippen LogP contribution in [0.4, 0.5) is 0 Å². The Bertz CT molecular complexity index is 172. The Morgan fingerprint density at radius 1 is 1.56 bits per heavy atom. The fourth-order valence-electron chi connectivity index (χ4n) is 2.32. The molecule has 0 aromatic carbocycles. The summed E-state index contributed by atoms with van der Waals surface area (Å²) in [7, 11) is 1.63. The molecule has 2 unspecified atom stereocenters. The number of aliphatic hydroxyl groups is 1. The molecule has 1 heterocycles. The van der Waals surface area contributed by atoms with Gasteiger partial charge in [0.1, 0.15) is 0 Å². The second-order valence-electron chi connectivity index (χ2n) is 4.67. The maximum absolute atomic E-state index is 9.70. The maximum Gasteiger partial charge on any atom is 0.0900 e. The van der Waals surface area contributed by atoms with Crippen molar-refractivity contribution < 1.29 is 9.84 Å². The van der Waals surface area contributed by atoms with E-state index >= 15 is 0 Å². The average Bonchev–Trinajstić information content (AvgIpc) is 2.30. The van der Waals surface area contributed by atoms with E-state index in [-0.39, 0.29) is 6.10 Å². The minimum absolute atomic E-state index is 0.360. The smallest absolute Gasteiger partial charge is 0.0900 e. The first kappa shape index (κ1) is 13.9. The average molecular weight is 230 g/mol. The number of likely N-dealkylation sites (N-methyl/N-ethyl adjacent to an activating group) is 1. The van der Waals surface area contributed by atoms with Crippen LogP contribution in [-0.2, 0) is 4.74 Å². The van der Waals surface area contributed by atoms with Gasteiger partial charge in [0.05, 0.1) is 12.7 Å². The molecule has 1 rings (SSSR count). The van der Waals surface area contributed by atoms with Gasteiger partial charge in [-0.25, -0.2) is 0 Å². The minimum atomic E-state index is -0.360. The zero-order valence-electron chi connectivity index (χ0n) is 10.6. The molecule has 0 saturated carbocycles. The number of methoxy groups -OCH3 is 1. The Hall–Kier alpha value is -0.160. The van der Waals surface area contributed by atoms with Gasteiger partial charge in [0.2, 0.25) is 0 Å². The summed E-state index contributed by atoms with van der Waals surface area (Å²) in [4.78, 5) is 2.32. The predicted octanol–water partition coefficient (Wildman–Crippen LogP) is 0.315. The van der Waals surface area contributed by atoms with Crippen molar-refractivity contribution in [3.05, 3.63) is 0 Å². The third kappa shape index (κ3) is 5.25. The molecule has 2 N–H and O–H groups in total. The zero-order chi connectivity index (χ0) is 11.8. The molecular formula is C12H26N2O2. The van der Waals surface area contributed by atoms with Gasteiger partial charge >= 0.3 is 0 Å². The Labute approximate surface area is 99.0 Å². The van der Waals surface area contributed by atoms with Crippen molar-refractivity contribution in [2.45, 2.75) is 25.9 Å². The Kier molecular flexibility index (Phi) is 6.96. The van der Waals surface area contributed by atoms with Crippen LogP contribution in [0.2, 0.25) is 0 Å². The van der Waals surface area contributed by atoms with Gasteiger partial charge < -0.3 is 20.1 Å². The van der Waals surface area contributed by atoms with Crippen LogP contribution in [0, 0.1) is 5.92 Å². The fraction of sp³-hybridized carbons (Fsp3) is 1.00. The molecule has 0 spiro atoms. The number of hydrogen-bond donors (Lipinski definition) is 2. The van der Waals surface area contributed by atoms with E-state index in [1.807, 2.05) is 0 Å². The Morgan fingerprint density at radius 2 is 2.38 bits per heavy atom. The van der Waals surface area contributed by atoms with Crippen molar-refractivity contribution in [2.75, 3.05) is 46.4 Å². The summed E-state index contributed by atoms with van der Waals surface area (Å²) in [6, 6.07) is 0. The third-order valence-electron chi connectivity index (χ3n) is 3.19. The second-order valence-corrected chi connectivity index (χ2v) is 4.67. The van der Waals surface area contributed by atoms with Gasteiger partial charge in [0, 0.05) is 20.2 Å². The predicted molar refractivity (Wildman–Crippen MR) is 65.6 cm³/mol. The van der Waals surface area contributed by atoms with Gasteiger partial charge in [-0.3, -0.25) is 0 Å². The molecule has 0 bridgehead atoms. The summed E-state index contributed by atoms with van der Waals surface area (Å²) in [5, 5.41) is 13.1. The number of rotatable bonds is 7. The number of aliphatic hydroxyl groups excluding tert-OH is 1. The Balaban J connectivity index is 2.24. The van der Waals surface area contributed by atoms with E-state index in [0.717, 1.165) is 38.6 Å².